The molecule has 1 aromatic rings. The summed E-state index contributed by atoms with van der Waals surface area (Å²) in [7, 11) is 1.66. The van der Waals surface area contributed by atoms with Gasteiger partial charge >= 0.3 is 0 Å². The smallest absolute Gasteiger partial charge is 0.223 e. The maximum Gasteiger partial charge on any atom is 0.223 e. The Kier molecular flexibility index (Phi) is 5.65. The summed E-state index contributed by atoms with van der Waals surface area (Å²) >= 11 is 6.05. The van der Waals surface area contributed by atoms with Crippen LogP contribution in [0.1, 0.15) is 44.6 Å². The first-order valence-corrected chi connectivity index (χ1v) is 8.02. The van der Waals surface area contributed by atoms with Crippen LogP contribution < -0.4 is 5.32 Å². The van der Waals surface area contributed by atoms with Gasteiger partial charge in [0.05, 0.1) is 6.54 Å². The number of amides is 1. The summed E-state index contributed by atoms with van der Waals surface area (Å²) in [5.41, 5.74) is 0.413. The summed E-state index contributed by atoms with van der Waals surface area (Å²) in [5, 5.41) is 3.73. The summed E-state index contributed by atoms with van der Waals surface area (Å²) in [6.07, 6.45) is 5.59. The Hall–Kier alpha value is -1.06. The number of hydrogen-bond acceptors (Lipinski definition) is 2. The van der Waals surface area contributed by atoms with Crippen molar-refractivity contribution in [2.75, 3.05) is 13.7 Å². The number of benzene rings is 1. The van der Waals surface area contributed by atoms with E-state index in [1.54, 1.807) is 7.11 Å². The van der Waals surface area contributed by atoms with E-state index in [0.717, 1.165) is 31.2 Å². The molecule has 1 unspecified atom stereocenters. The van der Waals surface area contributed by atoms with Crippen molar-refractivity contribution in [3.8, 4) is 0 Å². The number of methoxy groups -OCH3 is 1. The van der Waals surface area contributed by atoms with Crippen molar-refractivity contribution in [3.63, 3.8) is 0 Å². The minimum atomic E-state index is -0.560. The number of carbonyl (C=O) groups excluding carboxylic acids is 1. The molecule has 116 valence electrons. The van der Waals surface area contributed by atoms with Gasteiger partial charge in [-0.3, -0.25) is 4.79 Å². The largest absolute Gasteiger partial charge is 0.372 e. The molecule has 4 heteroatoms. The van der Waals surface area contributed by atoms with Crippen LogP contribution in [0.15, 0.2) is 24.3 Å². The molecule has 1 aliphatic rings. The number of ether oxygens (including phenoxy) is 1. The summed E-state index contributed by atoms with van der Waals surface area (Å²) in [6, 6.07) is 7.60. The van der Waals surface area contributed by atoms with Crippen LogP contribution in [0.3, 0.4) is 0 Å². The predicted molar refractivity (Wildman–Crippen MR) is 85.4 cm³/mol. The lowest BCUT2D eigenvalue weighted by Gasteiger charge is -2.30. The molecule has 1 aliphatic carbocycles. The Labute approximate surface area is 132 Å². The second-order valence-electron chi connectivity index (χ2n) is 6.00. The molecule has 21 heavy (non-hydrogen) atoms. The van der Waals surface area contributed by atoms with Gasteiger partial charge in [-0.25, -0.2) is 0 Å². The summed E-state index contributed by atoms with van der Waals surface area (Å²) in [4.78, 5) is 12.3. The van der Waals surface area contributed by atoms with Crippen molar-refractivity contribution in [1.29, 1.82) is 0 Å². The van der Waals surface area contributed by atoms with Crippen LogP contribution in [-0.2, 0) is 15.1 Å². The zero-order valence-electron chi connectivity index (χ0n) is 12.8. The van der Waals surface area contributed by atoms with E-state index in [9.17, 15) is 4.79 Å². The lowest BCUT2D eigenvalue weighted by atomic mass is 9.88. The maximum absolute atomic E-state index is 12.3. The van der Waals surface area contributed by atoms with Gasteiger partial charge in [0.25, 0.3) is 0 Å². The van der Waals surface area contributed by atoms with Gasteiger partial charge in [-0.1, -0.05) is 43.0 Å². The van der Waals surface area contributed by atoms with E-state index in [4.69, 9.17) is 16.3 Å². The average Bonchev–Trinajstić information content (AvgIpc) is 2.53. The van der Waals surface area contributed by atoms with E-state index < -0.39 is 5.60 Å². The number of nitrogens with one attached hydrogen (secondary N) is 1. The fourth-order valence-electron chi connectivity index (χ4n) is 2.87. The van der Waals surface area contributed by atoms with Gasteiger partial charge in [-0.2, -0.15) is 0 Å². The van der Waals surface area contributed by atoms with Crippen molar-refractivity contribution in [2.45, 2.75) is 44.6 Å². The Morgan fingerprint density at radius 1 is 1.38 bits per heavy atom. The summed E-state index contributed by atoms with van der Waals surface area (Å²) in [5.74, 6) is 0.319. The minimum Gasteiger partial charge on any atom is -0.372 e. The Morgan fingerprint density at radius 3 is 2.71 bits per heavy atom. The third-order valence-corrected chi connectivity index (χ3v) is 4.70. The van der Waals surface area contributed by atoms with Crippen molar-refractivity contribution in [2.24, 2.45) is 5.92 Å². The van der Waals surface area contributed by atoms with E-state index in [2.05, 4.69) is 5.32 Å². The predicted octanol–water partition coefficient (Wildman–Crippen LogP) is 3.90. The van der Waals surface area contributed by atoms with Crippen LogP contribution in [0.4, 0.5) is 0 Å². The first-order chi connectivity index (χ1) is 10.0. The first-order valence-electron chi connectivity index (χ1n) is 7.64. The normalized spacial score (nSPS) is 19.0. The zero-order valence-corrected chi connectivity index (χ0v) is 13.6. The molecule has 1 saturated carbocycles. The highest BCUT2D eigenvalue weighted by Gasteiger charge is 2.29. The van der Waals surface area contributed by atoms with Gasteiger partial charge in [0.2, 0.25) is 5.91 Å². The fraction of sp³-hybridized carbons (Fsp3) is 0.588. The van der Waals surface area contributed by atoms with Crippen LogP contribution in [0.5, 0.6) is 0 Å². The molecular formula is C17H24ClNO2. The third kappa shape index (κ3) is 4.21. The average molecular weight is 310 g/mol. The van der Waals surface area contributed by atoms with Crippen molar-refractivity contribution >= 4 is 17.5 Å². The quantitative estimate of drug-likeness (QED) is 0.896. The molecule has 1 atom stereocenters. The third-order valence-electron chi connectivity index (χ3n) is 4.46. The molecule has 0 radical (unpaired) electrons. The second-order valence-corrected chi connectivity index (χ2v) is 6.43. The molecule has 0 aliphatic heterocycles. The highest BCUT2D eigenvalue weighted by atomic mass is 35.5. The summed E-state index contributed by atoms with van der Waals surface area (Å²) in [6.45, 7) is 2.43. The molecule has 0 aromatic heterocycles. The van der Waals surface area contributed by atoms with E-state index in [1.165, 1.54) is 6.42 Å². The highest BCUT2D eigenvalue weighted by Crippen LogP contribution is 2.27. The van der Waals surface area contributed by atoms with Gasteiger partial charge < -0.3 is 10.1 Å². The number of carbonyl (C=O) groups is 1. The molecule has 0 heterocycles. The lowest BCUT2D eigenvalue weighted by molar-refractivity contribution is -0.127. The first kappa shape index (κ1) is 16.3. The Morgan fingerprint density at radius 2 is 2.10 bits per heavy atom. The van der Waals surface area contributed by atoms with Crippen LogP contribution >= 0.6 is 11.6 Å². The molecule has 1 aromatic carbocycles. The van der Waals surface area contributed by atoms with E-state index in [1.807, 2.05) is 31.2 Å². The van der Waals surface area contributed by atoms with Crippen molar-refractivity contribution in [3.05, 3.63) is 34.9 Å². The van der Waals surface area contributed by atoms with Gasteiger partial charge in [-0.15, -0.1) is 0 Å². The standard InChI is InChI=1S/C17H24ClNO2/c1-17(21-2,14-9-6-10-15(18)11-14)12-19-16(20)13-7-4-3-5-8-13/h6,9-11,13H,3-5,7-8,12H2,1-2H3,(H,19,20). The molecule has 0 spiro atoms. The SMILES string of the molecule is COC(C)(CNC(=O)C1CCCCC1)c1cccc(Cl)c1. The molecule has 2 rings (SSSR count). The number of halogens is 1. The van der Waals surface area contributed by atoms with Gasteiger partial charge in [-0.05, 0) is 37.5 Å². The molecule has 0 bridgehead atoms. The monoisotopic (exact) mass is 309 g/mol. The van der Waals surface area contributed by atoms with Crippen LogP contribution in [0, 0.1) is 5.92 Å². The summed E-state index contributed by atoms with van der Waals surface area (Å²) < 4.78 is 5.64. The number of hydrogen-bond donors (Lipinski definition) is 1. The van der Waals surface area contributed by atoms with Gasteiger partial charge in [0.15, 0.2) is 0 Å². The number of rotatable bonds is 5. The van der Waals surface area contributed by atoms with Crippen LogP contribution in [0.25, 0.3) is 0 Å². The van der Waals surface area contributed by atoms with Gasteiger partial charge in [0, 0.05) is 18.1 Å². The topological polar surface area (TPSA) is 38.3 Å². The molecule has 1 amide bonds. The minimum absolute atomic E-state index is 0.153. The lowest BCUT2D eigenvalue weighted by Crippen LogP contribution is -2.42. The van der Waals surface area contributed by atoms with Crippen molar-refractivity contribution < 1.29 is 9.53 Å². The molecule has 1 fully saturated rings. The van der Waals surface area contributed by atoms with Crippen LogP contribution in [-0.4, -0.2) is 19.6 Å². The molecular weight excluding hydrogens is 286 g/mol. The second kappa shape index (κ2) is 7.28. The Bertz CT molecular complexity index is 485. The highest BCUT2D eigenvalue weighted by molar-refractivity contribution is 6.30. The van der Waals surface area contributed by atoms with Crippen molar-refractivity contribution in [1.82, 2.24) is 5.32 Å². The van der Waals surface area contributed by atoms with E-state index in [-0.39, 0.29) is 11.8 Å². The van der Waals surface area contributed by atoms with E-state index >= 15 is 0 Å². The maximum atomic E-state index is 12.3. The molecule has 0 saturated heterocycles. The fourth-order valence-corrected chi connectivity index (χ4v) is 3.06. The van der Waals surface area contributed by atoms with E-state index in [0.29, 0.717) is 11.6 Å². The van der Waals surface area contributed by atoms with Crippen LogP contribution in [0.2, 0.25) is 5.02 Å². The molecule has 1 N–H and O–H groups in total. The zero-order chi connectivity index (χ0) is 15.3. The Balaban J connectivity index is 1.99. The molecule has 3 nitrogen and oxygen atoms in total. The van der Waals surface area contributed by atoms with Gasteiger partial charge in [0.1, 0.15) is 5.60 Å².